The van der Waals surface area contributed by atoms with Crippen molar-refractivity contribution in [1.29, 1.82) is 0 Å². The van der Waals surface area contributed by atoms with Crippen LogP contribution < -0.4 is 0 Å². The third-order valence-corrected chi connectivity index (χ3v) is 2.89. The molecule has 0 aliphatic rings. The molecule has 0 atom stereocenters. The first kappa shape index (κ1) is 12.4. The van der Waals surface area contributed by atoms with E-state index in [9.17, 15) is 20.2 Å². The molecule has 0 amide bonds. The highest BCUT2D eigenvalue weighted by Gasteiger charge is 2.22. The highest BCUT2D eigenvalue weighted by atomic mass is 32.2. The van der Waals surface area contributed by atoms with Gasteiger partial charge < -0.3 is 0 Å². The zero-order chi connectivity index (χ0) is 12.3. The van der Waals surface area contributed by atoms with Crippen LogP contribution in [-0.4, -0.2) is 15.6 Å². The Balaban J connectivity index is 3.38. The minimum Gasteiger partial charge on any atom is -0.258 e. The van der Waals surface area contributed by atoms with Gasteiger partial charge in [0.25, 0.3) is 11.4 Å². The van der Waals surface area contributed by atoms with Crippen LogP contribution >= 0.6 is 11.8 Å². The Bertz CT molecular complexity index is 412. The summed E-state index contributed by atoms with van der Waals surface area (Å²) in [5, 5.41) is 21.5. The number of hydrogen-bond donors (Lipinski definition) is 0. The molecular formula is C9H10N2O4S. The van der Waals surface area contributed by atoms with Crippen LogP contribution in [0, 0.1) is 27.2 Å². The molecule has 0 bridgehead atoms. The molecule has 0 aliphatic carbocycles. The summed E-state index contributed by atoms with van der Waals surface area (Å²) in [6.45, 7) is 3.26. The van der Waals surface area contributed by atoms with Gasteiger partial charge in [-0.15, -0.1) is 11.8 Å². The van der Waals surface area contributed by atoms with E-state index in [2.05, 4.69) is 0 Å². The molecule has 7 heteroatoms. The van der Waals surface area contributed by atoms with E-state index >= 15 is 0 Å². The number of thioether (sulfide) groups is 1. The van der Waals surface area contributed by atoms with Crippen LogP contribution in [0.4, 0.5) is 11.4 Å². The van der Waals surface area contributed by atoms with E-state index in [0.29, 0.717) is 10.6 Å². The summed E-state index contributed by atoms with van der Waals surface area (Å²) in [6.07, 6.45) is 0. The third kappa shape index (κ3) is 2.48. The topological polar surface area (TPSA) is 86.3 Å². The number of rotatable bonds is 4. The number of nitro groups is 2. The Hall–Kier alpha value is -1.63. The van der Waals surface area contributed by atoms with Gasteiger partial charge in [0.05, 0.1) is 9.85 Å². The Morgan fingerprint density at radius 2 is 1.62 bits per heavy atom. The van der Waals surface area contributed by atoms with E-state index in [1.165, 1.54) is 30.8 Å². The van der Waals surface area contributed by atoms with Crippen molar-refractivity contribution in [3.05, 3.63) is 37.9 Å². The standard InChI is InChI=1S/C9H10N2O4S/c1-3-16-7-4-8(10(12)13)6(2)9(5-7)11(14)15/h4-5H,3H2,1-2H3. The van der Waals surface area contributed by atoms with Gasteiger partial charge >= 0.3 is 0 Å². The minimum atomic E-state index is -0.595. The normalized spacial score (nSPS) is 10.1. The van der Waals surface area contributed by atoms with E-state index in [1.807, 2.05) is 6.92 Å². The average Bonchev–Trinajstić information content (AvgIpc) is 2.19. The summed E-state index contributed by atoms with van der Waals surface area (Å²) >= 11 is 1.34. The van der Waals surface area contributed by atoms with Crippen LogP contribution in [0.3, 0.4) is 0 Å². The first-order chi connectivity index (χ1) is 7.47. The van der Waals surface area contributed by atoms with E-state index in [0.717, 1.165) is 0 Å². The number of nitro benzene ring substituents is 2. The highest BCUT2D eigenvalue weighted by molar-refractivity contribution is 7.99. The van der Waals surface area contributed by atoms with Gasteiger partial charge in [-0.05, 0) is 12.7 Å². The summed E-state index contributed by atoms with van der Waals surface area (Å²) in [5.41, 5.74) is -0.314. The summed E-state index contributed by atoms with van der Waals surface area (Å²) in [5.74, 6) is 0.706. The largest absolute Gasteiger partial charge is 0.280 e. The van der Waals surface area contributed by atoms with Gasteiger partial charge in [-0.3, -0.25) is 20.2 Å². The van der Waals surface area contributed by atoms with Gasteiger partial charge in [0, 0.05) is 17.0 Å². The zero-order valence-electron chi connectivity index (χ0n) is 8.80. The van der Waals surface area contributed by atoms with Crippen molar-refractivity contribution in [3.63, 3.8) is 0 Å². The van der Waals surface area contributed by atoms with Crippen LogP contribution in [0.15, 0.2) is 17.0 Å². The van der Waals surface area contributed by atoms with Gasteiger partial charge in [-0.1, -0.05) is 6.92 Å². The maximum absolute atomic E-state index is 10.7. The Morgan fingerprint density at radius 1 is 1.19 bits per heavy atom. The fraction of sp³-hybridized carbons (Fsp3) is 0.333. The molecule has 1 aromatic rings. The maximum atomic E-state index is 10.7. The van der Waals surface area contributed by atoms with Crippen molar-refractivity contribution >= 4 is 23.1 Å². The SMILES string of the molecule is CCSc1cc([N+](=O)[O-])c(C)c([N+](=O)[O-])c1. The van der Waals surface area contributed by atoms with Gasteiger partial charge in [0.2, 0.25) is 0 Å². The number of nitrogens with zero attached hydrogens (tertiary/aromatic N) is 2. The molecular weight excluding hydrogens is 232 g/mol. The molecule has 0 aromatic heterocycles. The molecule has 0 N–H and O–H groups in total. The van der Waals surface area contributed by atoms with Crippen molar-refractivity contribution in [2.45, 2.75) is 18.7 Å². The summed E-state index contributed by atoms with van der Waals surface area (Å²) in [4.78, 5) is 20.8. The summed E-state index contributed by atoms with van der Waals surface area (Å²) < 4.78 is 0. The lowest BCUT2D eigenvalue weighted by molar-refractivity contribution is -0.395. The lowest BCUT2D eigenvalue weighted by Crippen LogP contribution is -1.98. The lowest BCUT2D eigenvalue weighted by Gasteiger charge is -2.02. The van der Waals surface area contributed by atoms with E-state index < -0.39 is 9.85 Å². The Morgan fingerprint density at radius 3 is 1.94 bits per heavy atom. The molecule has 0 aliphatic heterocycles. The zero-order valence-corrected chi connectivity index (χ0v) is 9.61. The number of hydrogen-bond acceptors (Lipinski definition) is 5. The molecule has 16 heavy (non-hydrogen) atoms. The summed E-state index contributed by atoms with van der Waals surface area (Å²) in [7, 11) is 0. The Kier molecular flexibility index (Phi) is 3.83. The first-order valence-electron chi connectivity index (χ1n) is 4.53. The second-order valence-corrected chi connectivity index (χ2v) is 4.37. The molecule has 1 aromatic carbocycles. The van der Waals surface area contributed by atoms with Gasteiger partial charge in [0.15, 0.2) is 0 Å². The fourth-order valence-corrected chi connectivity index (χ4v) is 2.01. The van der Waals surface area contributed by atoms with E-state index in [4.69, 9.17) is 0 Å². The van der Waals surface area contributed by atoms with Crippen molar-refractivity contribution in [2.24, 2.45) is 0 Å². The molecule has 0 spiro atoms. The molecule has 86 valence electrons. The summed E-state index contributed by atoms with van der Waals surface area (Å²) in [6, 6.07) is 2.74. The predicted octanol–water partition coefficient (Wildman–Crippen LogP) is 2.92. The van der Waals surface area contributed by atoms with Crippen molar-refractivity contribution in [1.82, 2.24) is 0 Å². The van der Waals surface area contributed by atoms with Gasteiger partial charge in [-0.2, -0.15) is 0 Å². The lowest BCUT2D eigenvalue weighted by atomic mass is 10.1. The maximum Gasteiger partial charge on any atom is 0.280 e. The third-order valence-electron chi connectivity index (χ3n) is 2.03. The number of benzene rings is 1. The van der Waals surface area contributed by atoms with Crippen molar-refractivity contribution < 1.29 is 9.85 Å². The van der Waals surface area contributed by atoms with Gasteiger partial charge in [0.1, 0.15) is 5.56 Å². The smallest absolute Gasteiger partial charge is 0.258 e. The van der Waals surface area contributed by atoms with Crippen LogP contribution in [-0.2, 0) is 0 Å². The quantitative estimate of drug-likeness (QED) is 0.460. The molecule has 0 saturated heterocycles. The fourth-order valence-electron chi connectivity index (χ4n) is 1.29. The van der Waals surface area contributed by atoms with Crippen molar-refractivity contribution in [2.75, 3.05) is 5.75 Å². The molecule has 0 radical (unpaired) electrons. The molecule has 6 nitrogen and oxygen atoms in total. The van der Waals surface area contributed by atoms with Crippen LogP contribution in [0.5, 0.6) is 0 Å². The molecule has 0 saturated carbocycles. The van der Waals surface area contributed by atoms with Gasteiger partial charge in [-0.25, -0.2) is 0 Å². The molecule has 0 unspecified atom stereocenters. The van der Waals surface area contributed by atoms with Crippen LogP contribution in [0.1, 0.15) is 12.5 Å². The monoisotopic (exact) mass is 242 g/mol. The molecule has 0 fully saturated rings. The molecule has 1 rings (SSSR count). The van der Waals surface area contributed by atoms with Crippen LogP contribution in [0.25, 0.3) is 0 Å². The van der Waals surface area contributed by atoms with Crippen LogP contribution in [0.2, 0.25) is 0 Å². The molecule has 0 heterocycles. The highest BCUT2D eigenvalue weighted by Crippen LogP contribution is 2.33. The predicted molar refractivity (Wildman–Crippen MR) is 60.9 cm³/mol. The Labute approximate surface area is 96.0 Å². The average molecular weight is 242 g/mol. The van der Waals surface area contributed by atoms with E-state index in [-0.39, 0.29) is 16.9 Å². The van der Waals surface area contributed by atoms with E-state index in [1.54, 1.807) is 0 Å². The first-order valence-corrected chi connectivity index (χ1v) is 5.52. The van der Waals surface area contributed by atoms with Crippen molar-refractivity contribution in [3.8, 4) is 0 Å². The second kappa shape index (κ2) is 4.93. The minimum absolute atomic E-state index is 0.0930. The second-order valence-electron chi connectivity index (χ2n) is 3.03.